The van der Waals surface area contributed by atoms with E-state index in [1.165, 1.54) is 82.4 Å². The van der Waals surface area contributed by atoms with Gasteiger partial charge in [-0.3, -0.25) is 0 Å². The van der Waals surface area contributed by atoms with E-state index in [0.717, 1.165) is 6.42 Å². The van der Waals surface area contributed by atoms with Crippen LogP contribution in [0.3, 0.4) is 0 Å². The van der Waals surface area contributed by atoms with Crippen molar-refractivity contribution in [1.82, 2.24) is 0 Å². The summed E-state index contributed by atoms with van der Waals surface area (Å²) in [6.45, 7) is 13.6. The monoisotopic (exact) mass is 744 g/mol. The van der Waals surface area contributed by atoms with E-state index in [4.69, 9.17) is 0 Å². The first-order valence-electron chi connectivity index (χ1n) is 16.2. The van der Waals surface area contributed by atoms with Gasteiger partial charge in [-0.15, -0.1) is 63.5 Å². The number of hydrogen-bond acceptors (Lipinski definition) is 0. The molecule has 0 radical (unpaired) electrons. The van der Waals surface area contributed by atoms with E-state index in [-0.39, 0.29) is 35.6 Å². The van der Waals surface area contributed by atoms with Gasteiger partial charge in [0.05, 0.1) is 0 Å². The molecule has 7 rings (SSSR count). The Morgan fingerprint density at radius 2 is 1.00 bits per heavy atom. The Kier molecular flexibility index (Phi) is 14.3. The molecule has 0 atom stereocenters. The molecule has 0 N–H and O–H groups in total. The van der Waals surface area contributed by atoms with Gasteiger partial charge in [0.1, 0.15) is 0 Å². The van der Waals surface area contributed by atoms with Crippen molar-refractivity contribution in [3.05, 3.63) is 180 Å². The van der Waals surface area contributed by atoms with Crippen LogP contribution in [0.1, 0.15) is 75.8 Å². The van der Waals surface area contributed by atoms with Crippen LogP contribution in [0.4, 0.5) is 0 Å². The molecule has 0 bridgehead atoms. The molecule has 48 heavy (non-hydrogen) atoms. The van der Waals surface area contributed by atoms with Gasteiger partial charge in [0.15, 0.2) is 0 Å². The van der Waals surface area contributed by atoms with Crippen molar-refractivity contribution >= 4 is 30.3 Å². The summed E-state index contributed by atoms with van der Waals surface area (Å²) in [5.74, 6) is 0. The Balaban J connectivity index is 0.000000202. The number of rotatable bonds is 3. The Hall–Kier alpha value is -3.22. The zero-order valence-corrected chi connectivity index (χ0v) is 32.8. The Morgan fingerprint density at radius 1 is 0.583 bits per heavy atom. The third-order valence-corrected chi connectivity index (χ3v) is 9.76. The fraction of sp³-hybridized carbons (Fsp3) is 0.200. The predicted octanol–water partition coefficient (Wildman–Crippen LogP) is 5.95. The minimum absolute atomic E-state index is 0. The molecule has 0 aliphatic heterocycles. The van der Waals surface area contributed by atoms with Crippen LogP contribution in [0, 0.1) is 6.08 Å². The average Bonchev–Trinajstić information content (AvgIpc) is 3.74. The molecule has 0 heterocycles. The van der Waals surface area contributed by atoms with Gasteiger partial charge in [0.2, 0.25) is 0 Å². The maximum absolute atomic E-state index is 3.28. The van der Waals surface area contributed by atoms with Gasteiger partial charge in [0, 0.05) is 0 Å². The molecule has 6 aromatic rings. The summed E-state index contributed by atoms with van der Waals surface area (Å²) in [5, 5.41) is 5.48. The van der Waals surface area contributed by atoms with Crippen molar-refractivity contribution in [3.63, 3.8) is 0 Å². The third-order valence-electron chi connectivity index (χ3n) is 8.34. The van der Waals surface area contributed by atoms with Crippen molar-refractivity contribution in [1.29, 1.82) is 0 Å². The van der Waals surface area contributed by atoms with Crippen LogP contribution in [-0.2, 0) is 35.1 Å². The van der Waals surface area contributed by atoms with Crippen LogP contribution in [0.5, 0.6) is 0 Å². The number of hydrogen-bond donors (Lipinski definition) is 0. The summed E-state index contributed by atoms with van der Waals surface area (Å²) in [6, 6.07) is 47.6. The molecule has 0 amide bonds. The summed E-state index contributed by atoms with van der Waals surface area (Å²) < 4.78 is 1.42. The second-order valence-electron chi connectivity index (χ2n) is 13.9. The fourth-order valence-corrected chi connectivity index (χ4v) is 6.37. The molecule has 1 aliphatic carbocycles. The summed E-state index contributed by atoms with van der Waals surface area (Å²) in [7, 11) is 0. The number of halogens is 2. The van der Waals surface area contributed by atoms with E-state index in [9.17, 15) is 0 Å². The first kappa shape index (κ1) is 39.2. The molecule has 1 aliphatic rings. The van der Waals surface area contributed by atoms with Gasteiger partial charge in [-0.25, -0.2) is 0 Å². The van der Waals surface area contributed by atoms with Crippen LogP contribution in [0.15, 0.2) is 146 Å². The summed E-state index contributed by atoms with van der Waals surface area (Å²) in [5.41, 5.74) is 8.37. The van der Waals surface area contributed by atoms with E-state index >= 15 is 0 Å². The predicted molar refractivity (Wildman–Crippen MR) is 197 cm³/mol. The van der Waals surface area contributed by atoms with Gasteiger partial charge in [-0.1, -0.05) is 102 Å². The zero-order chi connectivity index (χ0) is 32.7. The standard InChI is InChI=1S/C21H25.C13H10.C11H9.2ClH.Zr/c1-20(2,3)16-7-9-18-14(12-16)11-15-13-17(21(4,5)6)8-10-19(15)18;1-3-7-12(8-4-1)11-13-9-5-2-6-10-13;1-2-6-10(7-3-1)11-8-4-5-9-11;;;/h7-13H,1-6H3;1-10H;1-4,6-8H,5H2;2*1H;/q-1;;-1;;;+2/p-2. The van der Waals surface area contributed by atoms with E-state index in [2.05, 4.69) is 187 Å². The molecule has 0 unspecified atom stereocenters. The molecule has 0 saturated heterocycles. The Labute approximate surface area is 315 Å². The maximum atomic E-state index is 3.28. The third kappa shape index (κ3) is 10.2. The SMILES string of the molecule is CC(C)(C)c1ccc2c(c1)[cH-]c1cc(C(C)(C)C)ccc12.[C-]1=C(c2ccccc2)C=CC1.[Cl-].[Cl-].[Zr+2]=[C](c1ccccc1)c1ccccc1. The van der Waals surface area contributed by atoms with Gasteiger partial charge >= 0.3 is 99.2 Å². The van der Waals surface area contributed by atoms with E-state index < -0.39 is 0 Å². The fourth-order valence-electron chi connectivity index (χ4n) is 5.55. The number of benzene rings is 5. The second kappa shape index (κ2) is 17.4. The van der Waals surface area contributed by atoms with E-state index in [0.29, 0.717) is 0 Å². The van der Waals surface area contributed by atoms with Crippen LogP contribution in [-0.4, -0.2) is 3.21 Å². The number of fused-ring (bicyclic) bond motifs is 3. The number of allylic oxidation sites excluding steroid dienone is 4. The van der Waals surface area contributed by atoms with Crippen LogP contribution < -0.4 is 24.8 Å². The van der Waals surface area contributed by atoms with Crippen molar-refractivity contribution in [2.24, 2.45) is 0 Å². The normalized spacial score (nSPS) is 12.1. The van der Waals surface area contributed by atoms with Crippen LogP contribution in [0.25, 0.3) is 27.1 Å². The molecule has 0 aromatic heterocycles. The molecule has 244 valence electrons. The van der Waals surface area contributed by atoms with E-state index in [1.807, 2.05) is 6.07 Å². The molecule has 6 aromatic carbocycles. The average molecular weight is 747 g/mol. The molecule has 0 nitrogen and oxygen atoms in total. The summed E-state index contributed by atoms with van der Waals surface area (Å²) in [6.07, 6.45) is 8.49. The van der Waals surface area contributed by atoms with Crippen molar-refractivity contribution in [3.8, 4) is 0 Å². The van der Waals surface area contributed by atoms with Crippen LogP contribution in [0.2, 0.25) is 0 Å². The minimum atomic E-state index is 0. The molecule has 3 heteroatoms. The Bertz CT molecular complexity index is 1860. The van der Waals surface area contributed by atoms with Gasteiger partial charge < -0.3 is 24.8 Å². The topological polar surface area (TPSA) is 0 Å². The molecular weight excluding hydrogens is 703 g/mol. The Morgan fingerprint density at radius 3 is 1.38 bits per heavy atom. The quantitative estimate of drug-likeness (QED) is 0.197. The van der Waals surface area contributed by atoms with Crippen molar-refractivity contribution < 1.29 is 49.0 Å². The molecular formula is C45H44Cl2Zr-2. The molecule has 0 saturated carbocycles. The van der Waals surface area contributed by atoms with Crippen molar-refractivity contribution in [2.45, 2.75) is 58.8 Å². The van der Waals surface area contributed by atoms with Gasteiger partial charge in [0.25, 0.3) is 0 Å². The van der Waals surface area contributed by atoms with E-state index in [1.54, 1.807) is 0 Å². The summed E-state index contributed by atoms with van der Waals surface area (Å²) >= 11 is 1.46. The first-order chi connectivity index (χ1) is 22.0. The first-order valence-corrected chi connectivity index (χ1v) is 17.4. The van der Waals surface area contributed by atoms with Gasteiger partial charge in [-0.05, 0) is 10.8 Å². The summed E-state index contributed by atoms with van der Waals surface area (Å²) in [4.78, 5) is 0. The molecule has 0 fully saturated rings. The van der Waals surface area contributed by atoms with Gasteiger partial charge in [-0.2, -0.15) is 17.7 Å². The molecule has 0 spiro atoms. The van der Waals surface area contributed by atoms with Crippen LogP contribution >= 0.6 is 0 Å². The zero-order valence-electron chi connectivity index (χ0n) is 28.8. The van der Waals surface area contributed by atoms with Crippen molar-refractivity contribution in [2.75, 3.05) is 0 Å². The second-order valence-corrected chi connectivity index (χ2v) is 15.1.